The number of carboxylic acids is 1. The van der Waals surface area contributed by atoms with Crippen LogP contribution in [0.1, 0.15) is 6.92 Å². The molecule has 1 fully saturated rings. The fraction of sp³-hybridized carbons (Fsp3) is 0.462. The van der Waals surface area contributed by atoms with Crippen LogP contribution in [-0.4, -0.2) is 52.4 Å². The monoisotopic (exact) mass is 362 g/mol. The summed E-state index contributed by atoms with van der Waals surface area (Å²) in [7, 11) is -6.24. The van der Waals surface area contributed by atoms with Gasteiger partial charge in [-0.3, -0.25) is 4.79 Å². The molecule has 1 aromatic carbocycles. The van der Waals surface area contributed by atoms with E-state index in [1.165, 1.54) is 31.3 Å². The van der Waals surface area contributed by atoms with Crippen LogP contribution < -0.4 is 4.72 Å². The average molecular weight is 362 g/mol. The molecule has 0 bridgehead atoms. The highest BCUT2D eigenvalue weighted by Gasteiger charge is 2.40. The van der Waals surface area contributed by atoms with E-state index in [0.717, 1.165) is 4.31 Å². The Morgan fingerprint density at radius 3 is 2.09 bits per heavy atom. The average Bonchev–Trinajstić information content (AvgIpc) is 2.90. The van der Waals surface area contributed by atoms with E-state index in [0.29, 0.717) is 0 Å². The maximum Gasteiger partial charge on any atom is 0.308 e. The molecule has 0 amide bonds. The Bertz CT molecular complexity index is 801. The van der Waals surface area contributed by atoms with Gasteiger partial charge in [0.25, 0.3) is 0 Å². The van der Waals surface area contributed by atoms with Crippen molar-refractivity contribution in [2.45, 2.75) is 16.7 Å². The van der Waals surface area contributed by atoms with E-state index in [1.54, 1.807) is 6.92 Å². The van der Waals surface area contributed by atoms with Crippen LogP contribution in [0.3, 0.4) is 0 Å². The lowest BCUT2D eigenvalue weighted by atomic mass is 9.99. The first kappa shape index (κ1) is 17.9. The molecule has 10 heteroatoms. The van der Waals surface area contributed by atoms with Gasteiger partial charge in [0, 0.05) is 13.1 Å². The molecule has 2 N–H and O–H groups in total. The summed E-state index contributed by atoms with van der Waals surface area (Å²) in [5, 5.41) is 9.10. The first-order valence-electron chi connectivity index (χ1n) is 6.86. The lowest BCUT2D eigenvalue weighted by Crippen LogP contribution is -2.30. The molecule has 8 nitrogen and oxygen atoms in total. The highest BCUT2D eigenvalue weighted by Crippen LogP contribution is 2.29. The Morgan fingerprint density at radius 2 is 1.65 bits per heavy atom. The third-order valence-corrected chi connectivity index (χ3v) is 7.21. The molecule has 0 unspecified atom stereocenters. The van der Waals surface area contributed by atoms with Gasteiger partial charge in [0.2, 0.25) is 20.0 Å². The number of nitrogens with one attached hydrogen (secondary N) is 1. The first-order chi connectivity index (χ1) is 10.6. The number of carboxylic acid groups (broad SMARTS) is 1. The summed E-state index contributed by atoms with van der Waals surface area (Å²) in [4.78, 5) is 11.0. The molecule has 2 atom stereocenters. The predicted octanol–water partition coefficient (Wildman–Crippen LogP) is -0.0641. The lowest BCUT2D eigenvalue weighted by Gasteiger charge is -2.16. The maximum absolute atomic E-state index is 12.5. The zero-order valence-corrected chi connectivity index (χ0v) is 14.3. The van der Waals surface area contributed by atoms with E-state index in [9.17, 15) is 21.6 Å². The van der Waals surface area contributed by atoms with Crippen LogP contribution >= 0.6 is 0 Å². The summed E-state index contributed by atoms with van der Waals surface area (Å²) in [6, 6.07) is 4.82. The van der Waals surface area contributed by atoms with Gasteiger partial charge in [-0.1, -0.05) is 6.92 Å². The number of hydrogen-bond donors (Lipinski definition) is 2. The van der Waals surface area contributed by atoms with Crippen LogP contribution in [0.2, 0.25) is 0 Å². The van der Waals surface area contributed by atoms with Crippen LogP contribution in [0.4, 0.5) is 0 Å². The van der Waals surface area contributed by atoms with Gasteiger partial charge in [-0.2, -0.15) is 4.31 Å². The van der Waals surface area contributed by atoms with Crippen molar-refractivity contribution in [3.8, 4) is 0 Å². The van der Waals surface area contributed by atoms with Gasteiger partial charge in [-0.05, 0) is 37.2 Å². The molecule has 23 heavy (non-hydrogen) atoms. The lowest BCUT2D eigenvalue weighted by molar-refractivity contribution is -0.142. The van der Waals surface area contributed by atoms with Crippen LogP contribution in [-0.2, 0) is 24.8 Å². The van der Waals surface area contributed by atoms with Crippen LogP contribution in [0.15, 0.2) is 34.1 Å². The van der Waals surface area contributed by atoms with Crippen molar-refractivity contribution in [3.05, 3.63) is 24.3 Å². The van der Waals surface area contributed by atoms with Gasteiger partial charge in [0.1, 0.15) is 0 Å². The number of aliphatic carboxylic acids is 1. The second-order valence-electron chi connectivity index (χ2n) is 5.42. The largest absolute Gasteiger partial charge is 0.481 e. The van der Waals surface area contributed by atoms with E-state index >= 15 is 0 Å². The molecule has 1 aromatic rings. The fourth-order valence-electron chi connectivity index (χ4n) is 2.50. The van der Waals surface area contributed by atoms with Crippen LogP contribution in [0.25, 0.3) is 0 Å². The molecule has 1 aliphatic rings. The van der Waals surface area contributed by atoms with Crippen molar-refractivity contribution in [3.63, 3.8) is 0 Å². The normalized spacial score (nSPS) is 23.0. The third-order valence-electron chi connectivity index (χ3n) is 3.94. The fourth-order valence-corrected chi connectivity index (χ4v) is 4.79. The smallest absolute Gasteiger partial charge is 0.308 e. The molecule has 0 aromatic heterocycles. The summed E-state index contributed by atoms with van der Waals surface area (Å²) in [6.45, 7) is 1.72. The second kappa shape index (κ2) is 6.19. The molecular weight excluding hydrogens is 344 g/mol. The zero-order chi connectivity index (χ0) is 17.4. The highest BCUT2D eigenvalue weighted by molar-refractivity contribution is 7.89. The van der Waals surface area contributed by atoms with Crippen molar-refractivity contribution in [1.82, 2.24) is 9.03 Å². The van der Waals surface area contributed by atoms with E-state index in [2.05, 4.69) is 4.72 Å². The molecule has 2 rings (SSSR count). The molecule has 1 saturated heterocycles. The summed E-state index contributed by atoms with van der Waals surface area (Å²) in [5.41, 5.74) is 0. The first-order valence-corrected chi connectivity index (χ1v) is 9.78. The van der Waals surface area contributed by atoms with Crippen molar-refractivity contribution in [1.29, 1.82) is 0 Å². The Balaban J connectivity index is 2.29. The highest BCUT2D eigenvalue weighted by atomic mass is 32.2. The number of rotatable bonds is 5. The number of carbonyl (C=O) groups is 1. The van der Waals surface area contributed by atoms with E-state index in [-0.39, 0.29) is 28.8 Å². The zero-order valence-electron chi connectivity index (χ0n) is 12.6. The van der Waals surface area contributed by atoms with Crippen molar-refractivity contribution in [2.24, 2.45) is 11.8 Å². The van der Waals surface area contributed by atoms with Gasteiger partial charge in [0.15, 0.2) is 0 Å². The van der Waals surface area contributed by atoms with Gasteiger partial charge in [-0.15, -0.1) is 0 Å². The van der Waals surface area contributed by atoms with Gasteiger partial charge >= 0.3 is 5.97 Å². The molecule has 0 aliphatic carbocycles. The SMILES string of the molecule is CNS(=O)(=O)c1ccc(S(=O)(=O)N2C[C@@H](C)[C@H](C(=O)O)C2)cc1. The summed E-state index contributed by atoms with van der Waals surface area (Å²) < 4.78 is 51.6. The van der Waals surface area contributed by atoms with Crippen LogP contribution in [0.5, 0.6) is 0 Å². The summed E-state index contributed by atoms with van der Waals surface area (Å²) in [5.74, 6) is -2.05. The van der Waals surface area contributed by atoms with E-state index in [4.69, 9.17) is 5.11 Å². The summed E-state index contributed by atoms with van der Waals surface area (Å²) in [6.07, 6.45) is 0. The third kappa shape index (κ3) is 3.39. The van der Waals surface area contributed by atoms with Crippen molar-refractivity contribution >= 4 is 26.0 Å². The number of benzene rings is 1. The van der Waals surface area contributed by atoms with Gasteiger partial charge in [-0.25, -0.2) is 21.6 Å². The van der Waals surface area contributed by atoms with Gasteiger partial charge in [0.05, 0.1) is 15.7 Å². The molecule has 1 aliphatic heterocycles. The quantitative estimate of drug-likeness (QED) is 0.757. The molecule has 1 heterocycles. The number of hydrogen-bond acceptors (Lipinski definition) is 5. The molecule has 0 spiro atoms. The Hall–Kier alpha value is -1.49. The molecule has 0 saturated carbocycles. The maximum atomic E-state index is 12.5. The topological polar surface area (TPSA) is 121 Å². The minimum atomic E-state index is -3.85. The number of nitrogens with zero attached hydrogens (tertiary/aromatic N) is 1. The standard InChI is InChI=1S/C13H18N2O6S2/c1-9-7-15(8-12(9)13(16)17)23(20,21)11-5-3-10(4-6-11)22(18,19)14-2/h3-6,9,12,14H,7-8H2,1-2H3,(H,16,17)/t9-,12-/m1/s1. The Labute approximate surface area is 135 Å². The van der Waals surface area contributed by atoms with E-state index in [1.807, 2.05) is 0 Å². The molecule has 128 valence electrons. The van der Waals surface area contributed by atoms with Gasteiger partial charge < -0.3 is 5.11 Å². The Morgan fingerprint density at radius 1 is 1.13 bits per heavy atom. The predicted molar refractivity (Wildman–Crippen MR) is 81.7 cm³/mol. The minimum absolute atomic E-state index is 0.0443. The molecular formula is C13H18N2O6S2. The Kier molecular flexibility index (Phi) is 4.81. The number of sulfonamides is 2. The molecule has 0 radical (unpaired) electrons. The van der Waals surface area contributed by atoms with E-state index < -0.39 is 31.9 Å². The minimum Gasteiger partial charge on any atom is -0.481 e. The second-order valence-corrected chi connectivity index (χ2v) is 9.25. The van der Waals surface area contributed by atoms with Crippen molar-refractivity contribution < 1.29 is 26.7 Å². The van der Waals surface area contributed by atoms with Crippen LogP contribution in [0, 0.1) is 11.8 Å². The van der Waals surface area contributed by atoms with Crippen molar-refractivity contribution in [2.75, 3.05) is 20.1 Å². The summed E-state index contributed by atoms with van der Waals surface area (Å²) >= 11 is 0.